The van der Waals surface area contributed by atoms with Gasteiger partial charge in [-0.25, -0.2) is 0 Å². The van der Waals surface area contributed by atoms with Crippen molar-refractivity contribution in [1.29, 1.82) is 0 Å². The smallest absolute Gasteiger partial charge is 0.249 e. The number of rotatable bonds is 3. The summed E-state index contributed by atoms with van der Waals surface area (Å²) in [6.07, 6.45) is 0. The van der Waals surface area contributed by atoms with Gasteiger partial charge in [-0.05, 0) is 38.5 Å². The Morgan fingerprint density at radius 1 is 1.09 bits per heavy atom. The third-order valence-corrected chi connectivity index (χ3v) is 4.13. The molecule has 0 saturated heterocycles. The van der Waals surface area contributed by atoms with E-state index in [0.29, 0.717) is 5.56 Å². The molecule has 1 aliphatic heterocycles. The number of aryl methyl sites for hydroxylation is 2. The predicted molar refractivity (Wildman–Crippen MR) is 92.1 cm³/mol. The number of hydrogen-bond acceptors (Lipinski definition) is 3. The molecule has 4 nitrogen and oxygen atoms in total. The lowest BCUT2D eigenvalue weighted by Gasteiger charge is -2.33. The summed E-state index contributed by atoms with van der Waals surface area (Å²) in [6, 6.07) is 12.9. The molecule has 0 radical (unpaired) electrons. The van der Waals surface area contributed by atoms with Crippen LogP contribution in [-0.2, 0) is 4.79 Å². The molecule has 4 heteroatoms. The molecule has 1 heterocycles. The molecule has 0 aromatic heterocycles. The van der Waals surface area contributed by atoms with Gasteiger partial charge in [-0.2, -0.15) is 0 Å². The molecule has 0 aliphatic carbocycles. The molecule has 0 saturated carbocycles. The zero-order chi connectivity index (χ0) is 16.6. The van der Waals surface area contributed by atoms with Crippen LogP contribution in [0.4, 0.5) is 11.4 Å². The van der Waals surface area contributed by atoms with E-state index in [2.05, 4.69) is 5.32 Å². The fourth-order valence-corrected chi connectivity index (χ4v) is 2.79. The highest BCUT2D eigenvalue weighted by molar-refractivity contribution is 6.10. The Morgan fingerprint density at radius 2 is 1.74 bits per heavy atom. The van der Waals surface area contributed by atoms with Gasteiger partial charge in [-0.1, -0.05) is 35.9 Å². The zero-order valence-electron chi connectivity index (χ0n) is 13.6. The quantitative estimate of drug-likeness (QED) is 0.885. The molecule has 23 heavy (non-hydrogen) atoms. The Morgan fingerprint density at radius 3 is 2.43 bits per heavy atom. The molecule has 1 atom stereocenters. The minimum atomic E-state index is -0.338. The van der Waals surface area contributed by atoms with Crippen molar-refractivity contribution in [3.63, 3.8) is 0 Å². The summed E-state index contributed by atoms with van der Waals surface area (Å²) in [4.78, 5) is 26.6. The van der Waals surface area contributed by atoms with Gasteiger partial charge in [-0.3, -0.25) is 9.59 Å². The van der Waals surface area contributed by atoms with Crippen molar-refractivity contribution >= 4 is 23.1 Å². The molecule has 1 unspecified atom stereocenters. The topological polar surface area (TPSA) is 49.4 Å². The first-order valence-corrected chi connectivity index (χ1v) is 7.74. The van der Waals surface area contributed by atoms with Gasteiger partial charge in [0.15, 0.2) is 5.78 Å². The lowest BCUT2D eigenvalue weighted by atomic mass is 10.0. The lowest BCUT2D eigenvalue weighted by molar-refractivity contribution is -0.119. The molecule has 2 aromatic rings. The number of fused-ring (bicyclic) bond motifs is 1. The van der Waals surface area contributed by atoms with E-state index in [9.17, 15) is 9.59 Å². The minimum absolute atomic E-state index is 0.0565. The van der Waals surface area contributed by atoms with Crippen LogP contribution < -0.4 is 10.2 Å². The summed E-state index contributed by atoms with van der Waals surface area (Å²) in [5.74, 6) is -0.138. The van der Waals surface area contributed by atoms with E-state index in [4.69, 9.17) is 0 Å². The van der Waals surface area contributed by atoms with Crippen molar-refractivity contribution in [3.05, 3.63) is 59.2 Å². The Kier molecular flexibility index (Phi) is 3.90. The predicted octanol–water partition coefficient (Wildman–Crippen LogP) is 3.33. The highest BCUT2D eigenvalue weighted by Crippen LogP contribution is 2.32. The number of hydrogen-bond donors (Lipinski definition) is 1. The highest BCUT2D eigenvalue weighted by Gasteiger charge is 2.31. The number of nitrogens with zero attached hydrogens (tertiary/aromatic N) is 1. The average molecular weight is 308 g/mol. The number of nitrogens with one attached hydrogen (secondary N) is 1. The van der Waals surface area contributed by atoms with Crippen molar-refractivity contribution in [1.82, 2.24) is 0 Å². The summed E-state index contributed by atoms with van der Waals surface area (Å²) in [5.41, 5.74) is 4.51. The third-order valence-electron chi connectivity index (χ3n) is 4.13. The largest absolute Gasteiger partial charge is 0.372 e. The van der Waals surface area contributed by atoms with Crippen molar-refractivity contribution in [3.8, 4) is 0 Å². The number of benzene rings is 2. The number of ketones is 1. The SMILES string of the molecule is Cc1ccc(C(=O)CN2C(=O)C(C)Nc3cc(C)ccc32)cc1. The normalized spacial score (nSPS) is 16.7. The summed E-state index contributed by atoms with van der Waals surface area (Å²) in [7, 11) is 0. The second kappa shape index (κ2) is 5.88. The molecule has 2 aromatic carbocycles. The van der Waals surface area contributed by atoms with Crippen LogP contribution in [0.15, 0.2) is 42.5 Å². The van der Waals surface area contributed by atoms with Gasteiger partial charge in [0.1, 0.15) is 6.04 Å². The van der Waals surface area contributed by atoms with Crippen LogP contribution in [0.3, 0.4) is 0 Å². The fourth-order valence-electron chi connectivity index (χ4n) is 2.79. The van der Waals surface area contributed by atoms with Crippen LogP contribution in [0.1, 0.15) is 28.4 Å². The van der Waals surface area contributed by atoms with Crippen molar-refractivity contribution < 1.29 is 9.59 Å². The average Bonchev–Trinajstić information content (AvgIpc) is 2.52. The number of Topliss-reactive ketones (excluding diaryl/α,β-unsaturated/α-hetero) is 1. The van der Waals surface area contributed by atoms with Crippen molar-refractivity contribution in [2.75, 3.05) is 16.8 Å². The molecule has 0 bridgehead atoms. The van der Waals surface area contributed by atoms with Crippen LogP contribution in [0.2, 0.25) is 0 Å². The first kappa shape index (κ1) is 15.3. The first-order chi connectivity index (χ1) is 11.0. The standard InChI is InChI=1S/C19H20N2O2/c1-12-4-7-15(8-5-12)18(22)11-21-17-9-6-13(2)10-16(17)20-14(3)19(21)23/h4-10,14,20H,11H2,1-3H3. The summed E-state index contributed by atoms with van der Waals surface area (Å²) in [5, 5.41) is 3.20. The van der Waals surface area contributed by atoms with Gasteiger partial charge in [0.25, 0.3) is 0 Å². The molecule has 3 rings (SSSR count). The van der Waals surface area contributed by atoms with E-state index in [-0.39, 0.29) is 24.3 Å². The Balaban J connectivity index is 1.91. The summed E-state index contributed by atoms with van der Waals surface area (Å²) < 4.78 is 0. The molecular weight excluding hydrogens is 288 g/mol. The maximum absolute atomic E-state index is 12.5. The Hall–Kier alpha value is -2.62. The van der Waals surface area contributed by atoms with E-state index in [1.54, 1.807) is 4.90 Å². The molecule has 1 N–H and O–H groups in total. The van der Waals surface area contributed by atoms with Crippen molar-refractivity contribution in [2.24, 2.45) is 0 Å². The number of amides is 1. The second-order valence-electron chi connectivity index (χ2n) is 6.10. The van der Waals surface area contributed by atoms with Crippen LogP contribution in [0.5, 0.6) is 0 Å². The number of carbonyl (C=O) groups is 2. The molecule has 0 fully saturated rings. The van der Waals surface area contributed by atoms with E-state index >= 15 is 0 Å². The lowest BCUT2D eigenvalue weighted by Crippen LogP contribution is -2.47. The van der Waals surface area contributed by atoms with Crippen LogP contribution in [0.25, 0.3) is 0 Å². The van der Waals surface area contributed by atoms with Gasteiger partial charge in [0.05, 0.1) is 17.9 Å². The highest BCUT2D eigenvalue weighted by atomic mass is 16.2. The maximum Gasteiger partial charge on any atom is 0.249 e. The van der Waals surface area contributed by atoms with Crippen molar-refractivity contribution in [2.45, 2.75) is 26.8 Å². The van der Waals surface area contributed by atoms with Gasteiger partial charge < -0.3 is 10.2 Å². The maximum atomic E-state index is 12.5. The number of anilines is 2. The van der Waals surface area contributed by atoms with E-state index in [0.717, 1.165) is 22.5 Å². The van der Waals surface area contributed by atoms with Gasteiger partial charge in [0.2, 0.25) is 5.91 Å². The van der Waals surface area contributed by atoms with E-state index in [1.165, 1.54) is 0 Å². The summed E-state index contributed by atoms with van der Waals surface area (Å²) >= 11 is 0. The second-order valence-corrected chi connectivity index (χ2v) is 6.10. The van der Waals surface area contributed by atoms with Gasteiger partial charge >= 0.3 is 0 Å². The van der Waals surface area contributed by atoms with Crippen LogP contribution in [-0.4, -0.2) is 24.3 Å². The Labute approximate surface area is 136 Å². The molecule has 1 amide bonds. The third kappa shape index (κ3) is 2.97. The molecule has 118 valence electrons. The van der Waals surface area contributed by atoms with Crippen LogP contribution >= 0.6 is 0 Å². The molecular formula is C19H20N2O2. The van der Waals surface area contributed by atoms with Crippen LogP contribution in [0, 0.1) is 13.8 Å². The minimum Gasteiger partial charge on any atom is -0.372 e. The Bertz CT molecular complexity index is 765. The summed E-state index contributed by atoms with van der Waals surface area (Å²) in [6.45, 7) is 5.86. The first-order valence-electron chi connectivity index (χ1n) is 7.74. The fraction of sp³-hybridized carbons (Fsp3) is 0.263. The van der Waals surface area contributed by atoms with E-state index < -0.39 is 0 Å². The zero-order valence-corrected chi connectivity index (χ0v) is 13.6. The molecule has 0 spiro atoms. The monoisotopic (exact) mass is 308 g/mol. The van der Waals surface area contributed by atoms with Gasteiger partial charge in [-0.15, -0.1) is 0 Å². The molecule has 1 aliphatic rings. The number of carbonyl (C=O) groups excluding carboxylic acids is 2. The van der Waals surface area contributed by atoms with E-state index in [1.807, 2.05) is 63.2 Å². The van der Waals surface area contributed by atoms with Gasteiger partial charge in [0, 0.05) is 5.56 Å².